The van der Waals surface area contributed by atoms with Gasteiger partial charge in [-0.3, -0.25) is 9.59 Å². The summed E-state index contributed by atoms with van der Waals surface area (Å²) in [6.07, 6.45) is 1.06. The second-order valence-electron chi connectivity index (χ2n) is 3.37. The molecule has 0 spiro atoms. The topological polar surface area (TPSA) is 55.4 Å². The predicted molar refractivity (Wildman–Crippen MR) is 53.9 cm³/mol. The molecule has 0 bridgehead atoms. The Labute approximate surface area is 87.2 Å². The first-order valence-corrected chi connectivity index (χ1v) is 4.79. The van der Waals surface area contributed by atoms with Gasteiger partial charge >= 0.3 is 0 Å². The van der Waals surface area contributed by atoms with Crippen LogP contribution in [-0.2, 0) is 4.79 Å². The minimum Gasteiger partial charge on any atom is -0.481 e. The monoisotopic (exact) mass is 205 g/mol. The van der Waals surface area contributed by atoms with Crippen molar-refractivity contribution in [2.45, 2.75) is 12.5 Å². The van der Waals surface area contributed by atoms with Gasteiger partial charge in [-0.05, 0) is 24.3 Å². The van der Waals surface area contributed by atoms with Crippen molar-refractivity contribution < 1.29 is 14.3 Å². The quantitative estimate of drug-likeness (QED) is 0.741. The molecule has 1 fully saturated rings. The molecule has 1 aromatic carbocycles. The Hall–Kier alpha value is -1.84. The number of amides is 1. The highest BCUT2D eigenvalue weighted by molar-refractivity contribution is 5.83. The Morgan fingerprint density at radius 3 is 2.60 bits per heavy atom. The van der Waals surface area contributed by atoms with Crippen LogP contribution in [0.2, 0.25) is 0 Å². The van der Waals surface area contributed by atoms with Crippen molar-refractivity contribution >= 4 is 12.2 Å². The second kappa shape index (κ2) is 4.13. The largest absolute Gasteiger partial charge is 0.481 e. The molecule has 1 amide bonds. The SMILES string of the molecule is O=Cc1ccc(OC2CCNC2=O)cc1. The Bertz CT molecular complexity index is 372. The summed E-state index contributed by atoms with van der Waals surface area (Å²) in [5.41, 5.74) is 0.596. The molecule has 1 heterocycles. The van der Waals surface area contributed by atoms with Crippen LogP contribution in [0.5, 0.6) is 5.75 Å². The van der Waals surface area contributed by atoms with E-state index in [0.29, 0.717) is 24.3 Å². The number of rotatable bonds is 3. The summed E-state index contributed by atoms with van der Waals surface area (Å²) in [6, 6.07) is 6.70. The molecule has 4 heteroatoms. The number of hydrogen-bond acceptors (Lipinski definition) is 3. The number of hydrogen-bond donors (Lipinski definition) is 1. The summed E-state index contributed by atoms with van der Waals surface area (Å²) in [6.45, 7) is 0.663. The average molecular weight is 205 g/mol. The van der Waals surface area contributed by atoms with Gasteiger partial charge in [-0.1, -0.05) is 0 Å². The van der Waals surface area contributed by atoms with Crippen molar-refractivity contribution in [2.75, 3.05) is 6.54 Å². The van der Waals surface area contributed by atoms with Crippen LogP contribution in [0, 0.1) is 0 Å². The third kappa shape index (κ3) is 2.15. The number of ether oxygens (including phenoxy) is 1. The van der Waals surface area contributed by atoms with Gasteiger partial charge in [0.15, 0.2) is 6.10 Å². The van der Waals surface area contributed by atoms with Gasteiger partial charge in [-0.15, -0.1) is 0 Å². The molecule has 1 aliphatic heterocycles. The Morgan fingerprint density at radius 1 is 1.33 bits per heavy atom. The number of benzene rings is 1. The van der Waals surface area contributed by atoms with Crippen LogP contribution in [0.1, 0.15) is 16.8 Å². The molecule has 4 nitrogen and oxygen atoms in total. The normalized spacial score (nSPS) is 19.7. The number of carbonyl (C=O) groups is 2. The molecule has 0 aliphatic carbocycles. The summed E-state index contributed by atoms with van der Waals surface area (Å²) < 4.78 is 5.46. The van der Waals surface area contributed by atoms with Gasteiger partial charge in [0.1, 0.15) is 12.0 Å². The molecule has 1 saturated heterocycles. The van der Waals surface area contributed by atoms with Gasteiger partial charge in [0.05, 0.1) is 0 Å². The molecule has 15 heavy (non-hydrogen) atoms. The van der Waals surface area contributed by atoms with Gasteiger partial charge in [-0.25, -0.2) is 0 Å². The lowest BCUT2D eigenvalue weighted by molar-refractivity contribution is -0.124. The first-order chi connectivity index (χ1) is 7.29. The zero-order valence-corrected chi connectivity index (χ0v) is 8.10. The molecular formula is C11H11NO3. The first kappa shape index (κ1) is 9.71. The summed E-state index contributed by atoms with van der Waals surface area (Å²) in [5, 5.41) is 2.69. The molecule has 0 aromatic heterocycles. The van der Waals surface area contributed by atoms with Crippen LogP contribution in [0.25, 0.3) is 0 Å². The highest BCUT2D eigenvalue weighted by Gasteiger charge is 2.25. The molecule has 1 unspecified atom stereocenters. The fourth-order valence-corrected chi connectivity index (χ4v) is 1.47. The van der Waals surface area contributed by atoms with Crippen LogP contribution >= 0.6 is 0 Å². The maximum atomic E-state index is 11.2. The highest BCUT2D eigenvalue weighted by atomic mass is 16.5. The van der Waals surface area contributed by atoms with Crippen LogP contribution < -0.4 is 10.1 Å². The van der Waals surface area contributed by atoms with Crippen LogP contribution in [0.4, 0.5) is 0 Å². The fourth-order valence-electron chi connectivity index (χ4n) is 1.47. The third-order valence-electron chi connectivity index (χ3n) is 2.29. The number of carbonyl (C=O) groups excluding carboxylic acids is 2. The van der Waals surface area contributed by atoms with E-state index >= 15 is 0 Å². The van der Waals surface area contributed by atoms with Crippen LogP contribution in [0.3, 0.4) is 0 Å². The van der Waals surface area contributed by atoms with Crippen molar-refractivity contribution in [2.24, 2.45) is 0 Å². The van der Waals surface area contributed by atoms with Gasteiger partial charge in [0.2, 0.25) is 0 Å². The molecule has 1 aliphatic rings. The van der Waals surface area contributed by atoms with Crippen molar-refractivity contribution in [3.05, 3.63) is 29.8 Å². The first-order valence-electron chi connectivity index (χ1n) is 4.79. The van der Waals surface area contributed by atoms with Crippen LogP contribution in [0.15, 0.2) is 24.3 Å². The lowest BCUT2D eigenvalue weighted by atomic mass is 10.2. The summed E-state index contributed by atoms with van der Waals surface area (Å²) in [5.74, 6) is 0.539. The predicted octanol–water partition coefficient (Wildman–Crippen LogP) is 0.766. The van der Waals surface area contributed by atoms with E-state index in [1.807, 2.05) is 0 Å². The van der Waals surface area contributed by atoms with Gasteiger partial charge in [0, 0.05) is 18.5 Å². The Morgan fingerprint density at radius 2 is 2.07 bits per heavy atom. The summed E-state index contributed by atoms with van der Waals surface area (Å²) in [7, 11) is 0. The average Bonchev–Trinajstić information content (AvgIpc) is 2.66. The van der Waals surface area contributed by atoms with Crippen molar-refractivity contribution in [1.29, 1.82) is 0 Å². The Kier molecular flexibility index (Phi) is 2.67. The molecule has 0 saturated carbocycles. The van der Waals surface area contributed by atoms with E-state index in [9.17, 15) is 9.59 Å². The number of aldehydes is 1. The van der Waals surface area contributed by atoms with E-state index in [1.54, 1.807) is 24.3 Å². The second-order valence-corrected chi connectivity index (χ2v) is 3.37. The molecule has 1 N–H and O–H groups in total. The molecule has 1 aromatic rings. The maximum Gasteiger partial charge on any atom is 0.261 e. The highest BCUT2D eigenvalue weighted by Crippen LogP contribution is 2.15. The lowest BCUT2D eigenvalue weighted by Gasteiger charge is -2.10. The van der Waals surface area contributed by atoms with E-state index in [0.717, 1.165) is 6.29 Å². The smallest absolute Gasteiger partial charge is 0.261 e. The zero-order valence-electron chi connectivity index (χ0n) is 8.10. The van der Waals surface area contributed by atoms with Crippen molar-refractivity contribution in [1.82, 2.24) is 5.32 Å². The van der Waals surface area contributed by atoms with Gasteiger partial charge in [0.25, 0.3) is 5.91 Å². The van der Waals surface area contributed by atoms with Crippen LogP contribution in [-0.4, -0.2) is 24.8 Å². The van der Waals surface area contributed by atoms with Gasteiger partial charge < -0.3 is 10.1 Å². The molecule has 0 radical (unpaired) electrons. The number of nitrogens with one attached hydrogen (secondary N) is 1. The zero-order chi connectivity index (χ0) is 10.7. The Balaban J connectivity index is 2.04. The summed E-state index contributed by atoms with van der Waals surface area (Å²) >= 11 is 0. The summed E-state index contributed by atoms with van der Waals surface area (Å²) in [4.78, 5) is 21.6. The van der Waals surface area contributed by atoms with Crippen molar-refractivity contribution in [3.8, 4) is 5.75 Å². The molecule has 2 rings (SSSR count). The van der Waals surface area contributed by atoms with Crippen molar-refractivity contribution in [3.63, 3.8) is 0 Å². The van der Waals surface area contributed by atoms with E-state index in [4.69, 9.17) is 4.74 Å². The standard InChI is InChI=1S/C11H11NO3/c13-7-8-1-3-9(4-2-8)15-10-5-6-12-11(10)14/h1-4,7,10H,5-6H2,(H,12,14). The maximum absolute atomic E-state index is 11.2. The minimum atomic E-state index is -0.396. The fraction of sp³-hybridized carbons (Fsp3) is 0.273. The lowest BCUT2D eigenvalue weighted by Crippen LogP contribution is -2.27. The van der Waals surface area contributed by atoms with Gasteiger partial charge in [-0.2, -0.15) is 0 Å². The van der Waals surface area contributed by atoms with E-state index in [1.165, 1.54) is 0 Å². The van der Waals surface area contributed by atoms with E-state index in [2.05, 4.69) is 5.32 Å². The molecule has 1 atom stereocenters. The molecule has 78 valence electrons. The minimum absolute atomic E-state index is 0.0746. The van der Waals surface area contributed by atoms with E-state index < -0.39 is 6.10 Å². The third-order valence-corrected chi connectivity index (χ3v) is 2.29. The van der Waals surface area contributed by atoms with E-state index in [-0.39, 0.29) is 5.91 Å². The molecular weight excluding hydrogens is 194 g/mol.